The molecule has 0 unspecified atom stereocenters. The van der Waals surface area contributed by atoms with Crippen LogP contribution in [0.3, 0.4) is 0 Å². The lowest BCUT2D eigenvalue weighted by Crippen LogP contribution is -2.35. The molecule has 1 aromatic carbocycles. The minimum atomic E-state index is -0.550. The first kappa shape index (κ1) is 17.6. The van der Waals surface area contributed by atoms with E-state index in [4.69, 9.17) is 9.47 Å². The lowest BCUT2D eigenvalue weighted by atomic mass is 10.2. The molecule has 0 aliphatic rings. The van der Waals surface area contributed by atoms with Crippen LogP contribution in [-0.2, 0) is 11.2 Å². The quantitative estimate of drug-likeness (QED) is 0.793. The van der Waals surface area contributed by atoms with Gasteiger partial charge in [0.15, 0.2) is 0 Å². The van der Waals surface area contributed by atoms with E-state index in [1.165, 1.54) is 5.56 Å². The Kier molecular flexibility index (Phi) is 6.01. The van der Waals surface area contributed by atoms with Crippen molar-refractivity contribution in [1.82, 2.24) is 10.4 Å². The van der Waals surface area contributed by atoms with Gasteiger partial charge in [-0.2, -0.15) is 0 Å². The molecule has 0 aliphatic carbocycles. The van der Waals surface area contributed by atoms with E-state index in [0.717, 1.165) is 6.42 Å². The third kappa shape index (κ3) is 6.56. The van der Waals surface area contributed by atoms with Crippen molar-refractivity contribution in [2.24, 2.45) is 0 Å². The second-order valence-electron chi connectivity index (χ2n) is 6.22. The number of ether oxygens (including phenoxy) is 2. The Morgan fingerprint density at radius 1 is 1.17 bits per heavy atom. The summed E-state index contributed by atoms with van der Waals surface area (Å²) in [7, 11) is 0. The molecule has 1 amide bonds. The molecule has 6 heteroatoms. The van der Waals surface area contributed by atoms with Crippen LogP contribution in [0.4, 0.5) is 10.5 Å². The number of nitrogens with zero attached hydrogens (tertiary/aromatic N) is 1. The number of amides is 1. The Labute approximate surface area is 142 Å². The predicted octanol–water partition coefficient (Wildman–Crippen LogP) is 3.55. The largest absolute Gasteiger partial charge is 0.477 e. The number of benzene rings is 1. The number of aromatic nitrogens is 1. The van der Waals surface area contributed by atoms with Crippen molar-refractivity contribution in [3.8, 4) is 5.88 Å². The summed E-state index contributed by atoms with van der Waals surface area (Å²) < 4.78 is 10.8. The summed E-state index contributed by atoms with van der Waals surface area (Å²) in [4.78, 5) is 15.8. The summed E-state index contributed by atoms with van der Waals surface area (Å²) in [5, 5.41) is 0. The van der Waals surface area contributed by atoms with E-state index in [1.54, 1.807) is 39.1 Å². The van der Waals surface area contributed by atoms with Gasteiger partial charge in [-0.3, -0.25) is 5.43 Å². The second-order valence-corrected chi connectivity index (χ2v) is 6.22. The third-order valence-corrected chi connectivity index (χ3v) is 2.93. The normalized spacial score (nSPS) is 10.8. The molecule has 0 atom stereocenters. The summed E-state index contributed by atoms with van der Waals surface area (Å²) in [6.07, 6.45) is 1.86. The number of carbonyl (C=O) groups is 1. The van der Waals surface area contributed by atoms with Crippen LogP contribution in [0.1, 0.15) is 26.3 Å². The molecule has 2 aromatic rings. The molecule has 2 N–H and O–H groups in total. The minimum absolute atomic E-state index is 0.488. The first-order valence-corrected chi connectivity index (χ1v) is 7.80. The van der Waals surface area contributed by atoms with Crippen LogP contribution < -0.4 is 15.6 Å². The number of hydrogen-bond acceptors (Lipinski definition) is 5. The molecule has 1 aromatic heterocycles. The zero-order chi connectivity index (χ0) is 17.4. The average Bonchev–Trinajstić information content (AvgIpc) is 2.53. The summed E-state index contributed by atoms with van der Waals surface area (Å²) in [5.74, 6) is 0.488. The van der Waals surface area contributed by atoms with Crippen LogP contribution in [-0.4, -0.2) is 23.3 Å². The van der Waals surface area contributed by atoms with E-state index in [1.807, 2.05) is 18.2 Å². The van der Waals surface area contributed by atoms with Gasteiger partial charge in [0.2, 0.25) is 5.88 Å². The van der Waals surface area contributed by atoms with Crippen molar-refractivity contribution in [2.45, 2.75) is 32.8 Å². The van der Waals surface area contributed by atoms with Gasteiger partial charge in [0.1, 0.15) is 5.60 Å². The van der Waals surface area contributed by atoms with Gasteiger partial charge in [-0.05, 0) is 32.4 Å². The SMILES string of the molecule is CC(C)(C)OC(=O)NNc1ccnc(OCCc2ccccc2)c1. The highest BCUT2D eigenvalue weighted by Crippen LogP contribution is 2.14. The fraction of sp³-hybridized carbons (Fsp3) is 0.333. The number of anilines is 1. The number of hydrazine groups is 1. The predicted molar refractivity (Wildman–Crippen MR) is 92.9 cm³/mol. The van der Waals surface area contributed by atoms with Crippen LogP contribution in [0, 0.1) is 0 Å². The maximum Gasteiger partial charge on any atom is 0.426 e. The van der Waals surface area contributed by atoms with Gasteiger partial charge in [0, 0.05) is 18.7 Å². The number of hydrogen-bond donors (Lipinski definition) is 2. The summed E-state index contributed by atoms with van der Waals surface area (Å²) in [5.41, 5.74) is 6.56. The number of nitrogens with one attached hydrogen (secondary N) is 2. The summed E-state index contributed by atoms with van der Waals surface area (Å²) >= 11 is 0. The molecule has 24 heavy (non-hydrogen) atoms. The highest BCUT2D eigenvalue weighted by Gasteiger charge is 2.15. The van der Waals surface area contributed by atoms with Gasteiger partial charge < -0.3 is 9.47 Å². The Hall–Kier alpha value is -2.76. The zero-order valence-electron chi connectivity index (χ0n) is 14.2. The molecule has 0 radical (unpaired) electrons. The Morgan fingerprint density at radius 2 is 1.92 bits per heavy atom. The van der Waals surface area contributed by atoms with Crippen molar-refractivity contribution < 1.29 is 14.3 Å². The monoisotopic (exact) mass is 329 g/mol. The fourth-order valence-corrected chi connectivity index (χ4v) is 1.91. The van der Waals surface area contributed by atoms with Gasteiger partial charge in [0.25, 0.3) is 0 Å². The van der Waals surface area contributed by atoms with Crippen molar-refractivity contribution in [3.63, 3.8) is 0 Å². The number of rotatable bonds is 6. The van der Waals surface area contributed by atoms with E-state index in [2.05, 4.69) is 28.0 Å². The first-order chi connectivity index (χ1) is 11.4. The van der Waals surface area contributed by atoms with Crippen LogP contribution in [0.15, 0.2) is 48.7 Å². The fourth-order valence-electron chi connectivity index (χ4n) is 1.91. The maximum atomic E-state index is 11.6. The molecule has 1 heterocycles. The van der Waals surface area contributed by atoms with Gasteiger partial charge in [-0.1, -0.05) is 30.3 Å². The van der Waals surface area contributed by atoms with Crippen LogP contribution >= 0.6 is 0 Å². The average molecular weight is 329 g/mol. The lowest BCUT2D eigenvalue weighted by molar-refractivity contribution is 0.0541. The van der Waals surface area contributed by atoms with E-state index < -0.39 is 11.7 Å². The van der Waals surface area contributed by atoms with E-state index >= 15 is 0 Å². The highest BCUT2D eigenvalue weighted by atomic mass is 16.6. The van der Waals surface area contributed by atoms with Crippen LogP contribution in [0.25, 0.3) is 0 Å². The molecule has 2 rings (SSSR count). The van der Waals surface area contributed by atoms with Crippen molar-refractivity contribution in [3.05, 3.63) is 54.2 Å². The van der Waals surface area contributed by atoms with E-state index in [9.17, 15) is 4.79 Å². The Morgan fingerprint density at radius 3 is 2.62 bits per heavy atom. The highest BCUT2D eigenvalue weighted by molar-refractivity contribution is 5.69. The molecule has 0 fully saturated rings. The van der Waals surface area contributed by atoms with E-state index in [0.29, 0.717) is 18.2 Å². The Balaban J connectivity index is 1.79. The number of carbonyl (C=O) groups excluding carboxylic acids is 1. The zero-order valence-corrected chi connectivity index (χ0v) is 14.2. The molecule has 0 spiro atoms. The smallest absolute Gasteiger partial charge is 0.426 e. The third-order valence-electron chi connectivity index (χ3n) is 2.93. The number of pyridine rings is 1. The van der Waals surface area contributed by atoms with E-state index in [-0.39, 0.29) is 0 Å². The summed E-state index contributed by atoms with van der Waals surface area (Å²) in [6, 6.07) is 13.5. The molecule has 128 valence electrons. The maximum absolute atomic E-state index is 11.6. The minimum Gasteiger partial charge on any atom is -0.477 e. The first-order valence-electron chi connectivity index (χ1n) is 7.80. The molecule has 0 aliphatic heterocycles. The lowest BCUT2D eigenvalue weighted by Gasteiger charge is -2.20. The van der Waals surface area contributed by atoms with Gasteiger partial charge in [0.05, 0.1) is 12.3 Å². The van der Waals surface area contributed by atoms with Crippen molar-refractivity contribution in [1.29, 1.82) is 0 Å². The molecular formula is C18H23N3O3. The van der Waals surface area contributed by atoms with Gasteiger partial charge in [-0.25, -0.2) is 15.2 Å². The molecule has 0 bridgehead atoms. The van der Waals surface area contributed by atoms with Crippen molar-refractivity contribution >= 4 is 11.8 Å². The standard InChI is InChI=1S/C18H23N3O3/c1-18(2,3)24-17(22)21-20-15-9-11-19-16(13-15)23-12-10-14-7-5-4-6-8-14/h4-9,11,13H,10,12H2,1-3H3,(H,19,20)(H,21,22). The molecular weight excluding hydrogens is 306 g/mol. The summed E-state index contributed by atoms with van der Waals surface area (Å²) in [6.45, 7) is 5.94. The van der Waals surface area contributed by atoms with Gasteiger partial charge in [-0.15, -0.1) is 0 Å². The van der Waals surface area contributed by atoms with Crippen LogP contribution in [0.5, 0.6) is 5.88 Å². The topological polar surface area (TPSA) is 72.5 Å². The molecule has 0 saturated heterocycles. The van der Waals surface area contributed by atoms with Crippen molar-refractivity contribution in [2.75, 3.05) is 12.0 Å². The second kappa shape index (κ2) is 8.19. The van der Waals surface area contributed by atoms with Gasteiger partial charge >= 0.3 is 6.09 Å². The molecule has 0 saturated carbocycles. The van der Waals surface area contributed by atoms with Crippen LogP contribution in [0.2, 0.25) is 0 Å². The molecule has 6 nitrogen and oxygen atoms in total. The Bertz CT molecular complexity index is 654.